The second-order valence-electron chi connectivity index (χ2n) is 6.86. The Morgan fingerprint density at radius 3 is 2.65 bits per heavy atom. The van der Waals surface area contributed by atoms with Crippen LogP contribution in [0.1, 0.15) is 22.7 Å². The van der Waals surface area contributed by atoms with Crippen LogP contribution in [0.15, 0.2) is 53.1 Å². The van der Waals surface area contributed by atoms with Gasteiger partial charge in [0.25, 0.3) is 5.91 Å². The maximum Gasteiger partial charge on any atom is 0.254 e. The predicted octanol–water partition coefficient (Wildman–Crippen LogP) is 2.19. The van der Waals surface area contributed by atoms with E-state index >= 15 is 0 Å². The number of nitrogens with zero attached hydrogens (tertiary/aromatic N) is 2. The molecule has 0 fully saturated rings. The van der Waals surface area contributed by atoms with Crippen LogP contribution in [0.5, 0.6) is 0 Å². The van der Waals surface area contributed by atoms with Crippen molar-refractivity contribution in [3.63, 3.8) is 0 Å². The Hall–Kier alpha value is -3.72. The lowest BCUT2D eigenvalue weighted by atomic mass is 10.1. The molecule has 9 nitrogen and oxygen atoms in total. The molecule has 1 aliphatic heterocycles. The topological polar surface area (TPSA) is 126 Å². The quantitative estimate of drug-likeness (QED) is 0.540. The Morgan fingerprint density at radius 1 is 1.10 bits per heavy atom. The molecule has 3 aromatic rings. The third-order valence-electron chi connectivity index (χ3n) is 4.68. The molecule has 0 bridgehead atoms. The lowest BCUT2D eigenvalue weighted by Gasteiger charge is -2.14. The van der Waals surface area contributed by atoms with Crippen molar-refractivity contribution in [2.75, 3.05) is 11.9 Å². The van der Waals surface area contributed by atoms with Gasteiger partial charge in [-0.25, -0.2) is 0 Å². The molecule has 1 aliphatic rings. The van der Waals surface area contributed by atoms with Gasteiger partial charge < -0.3 is 20.5 Å². The summed E-state index contributed by atoms with van der Waals surface area (Å²) in [4.78, 5) is 41.2. The molecule has 1 unspecified atom stereocenters. The smallest absolute Gasteiger partial charge is 0.254 e. The highest BCUT2D eigenvalue weighted by atomic mass is 35.5. The van der Waals surface area contributed by atoms with E-state index in [0.717, 1.165) is 0 Å². The molecule has 0 radical (unpaired) electrons. The second-order valence-corrected chi connectivity index (χ2v) is 7.26. The van der Waals surface area contributed by atoms with Crippen LogP contribution in [0.3, 0.4) is 0 Å². The monoisotopic (exact) mass is 439 g/mol. The van der Waals surface area contributed by atoms with Crippen LogP contribution in [-0.4, -0.2) is 40.4 Å². The van der Waals surface area contributed by atoms with Gasteiger partial charge in [-0.1, -0.05) is 41.0 Å². The van der Waals surface area contributed by atoms with E-state index in [1.165, 1.54) is 0 Å². The van der Waals surface area contributed by atoms with Gasteiger partial charge in [0.2, 0.25) is 23.5 Å². The summed E-state index contributed by atoms with van der Waals surface area (Å²) >= 11 is 6.13. The van der Waals surface area contributed by atoms with Crippen LogP contribution in [-0.2, 0) is 16.0 Å². The highest BCUT2D eigenvalue weighted by Gasteiger charge is 2.29. The minimum atomic E-state index is -0.977. The van der Waals surface area contributed by atoms with E-state index in [1.54, 1.807) is 42.5 Å². The lowest BCUT2D eigenvalue weighted by molar-refractivity contribution is -0.125. The summed E-state index contributed by atoms with van der Waals surface area (Å²) < 4.78 is 5.20. The molecule has 10 heteroatoms. The maximum atomic E-state index is 12.4. The summed E-state index contributed by atoms with van der Waals surface area (Å²) in [7, 11) is 0. The summed E-state index contributed by atoms with van der Waals surface area (Å²) in [5.41, 5.74) is 1.42. The lowest BCUT2D eigenvalue weighted by Crippen LogP contribution is -2.44. The zero-order valence-corrected chi connectivity index (χ0v) is 17.0. The number of hydrogen-bond donors (Lipinski definition) is 3. The molecular formula is C21H18ClN5O4. The van der Waals surface area contributed by atoms with Crippen molar-refractivity contribution in [3.8, 4) is 11.4 Å². The van der Waals surface area contributed by atoms with Crippen molar-refractivity contribution in [3.05, 3.63) is 65.0 Å². The predicted molar refractivity (Wildman–Crippen MR) is 112 cm³/mol. The Bertz CT molecular complexity index is 1150. The van der Waals surface area contributed by atoms with Crippen LogP contribution in [0.4, 0.5) is 5.69 Å². The summed E-state index contributed by atoms with van der Waals surface area (Å²) in [6, 6.07) is 12.8. The van der Waals surface area contributed by atoms with Crippen LogP contribution in [0.25, 0.3) is 11.4 Å². The average molecular weight is 440 g/mol. The minimum Gasteiger partial charge on any atom is -0.356 e. The Balaban J connectivity index is 1.30. The highest BCUT2D eigenvalue weighted by Crippen LogP contribution is 2.24. The molecule has 1 aromatic heterocycles. The standard InChI is InChI=1S/C21H18ClN5O4/c22-14-7-3-1-5-12(14)19-26-18(31-27-19)9-10-23-17(28)11-16-21(30)24-15-8-4-2-6-13(15)20(29)25-16/h1-8,16H,9-11H2,(H,23,28)(H,24,30)(H,25,29). The molecule has 2 heterocycles. The van der Waals surface area contributed by atoms with E-state index in [9.17, 15) is 14.4 Å². The van der Waals surface area contributed by atoms with E-state index < -0.39 is 23.8 Å². The molecule has 0 saturated heterocycles. The normalized spacial score (nSPS) is 15.5. The minimum absolute atomic E-state index is 0.194. The van der Waals surface area contributed by atoms with Gasteiger partial charge in [-0.3, -0.25) is 14.4 Å². The van der Waals surface area contributed by atoms with Gasteiger partial charge in [-0.05, 0) is 24.3 Å². The van der Waals surface area contributed by atoms with Gasteiger partial charge in [-0.15, -0.1) is 0 Å². The molecule has 0 aliphatic carbocycles. The zero-order chi connectivity index (χ0) is 21.8. The van der Waals surface area contributed by atoms with Gasteiger partial charge in [0.05, 0.1) is 22.7 Å². The number of fused-ring (bicyclic) bond motifs is 1. The van der Waals surface area contributed by atoms with Crippen LogP contribution in [0.2, 0.25) is 5.02 Å². The third-order valence-corrected chi connectivity index (χ3v) is 5.01. The Kier molecular flexibility index (Phi) is 5.94. The fourth-order valence-electron chi connectivity index (χ4n) is 3.13. The number of benzene rings is 2. The number of aromatic nitrogens is 2. The number of nitrogens with one attached hydrogen (secondary N) is 3. The first kappa shape index (κ1) is 20.5. The molecule has 2 aromatic carbocycles. The van der Waals surface area contributed by atoms with E-state index in [-0.39, 0.29) is 13.0 Å². The number of anilines is 1. The number of para-hydroxylation sites is 1. The summed E-state index contributed by atoms with van der Waals surface area (Å²) in [5.74, 6) is -0.549. The number of halogens is 1. The van der Waals surface area contributed by atoms with E-state index in [4.69, 9.17) is 16.1 Å². The van der Waals surface area contributed by atoms with Crippen molar-refractivity contribution in [2.45, 2.75) is 18.9 Å². The summed E-state index contributed by atoms with van der Waals surface area (Å²) in [5, 5.41) is 12.4. The zero-order valence-electron chi connectivity index (χ0n) is 16.2. The van der Waals surface area contributed by atoms with Gasteiger partial charge in [0.15, 0.2) is 0 Å². The largest absolute Gasteiger partial charge is 0.356 e. The molecule has 3 amide bonds. The van der Waals surface area contributed by atoms with Gasteiger partial charge in [0, 0.05) is 18.5 Å². The first-order valence-corrected chi connectivity index (χ1v) is 9.94. The molecule has 0 saturated carbocycles. The average Bonchev–Trinajstić information content (AvgIpc) is 3.18. The van der Waals surface area contributed by atoms with E-state index in [0.29, 0.717) is 40.0 Å². The van der Waals surface area contributed by atoms with Gasteiger partial charge >= 0.3 is 0 Å². The number of amides is 3. The van der Waals surface area contributed by atoms with Crippen LogP contribution >= 0.6 is 11.6 Å². The van der Waals surface area contributed by atoms with Crippen molar-refractivity contribution in [1.82, 2.24) is 20.8 Å². The molecule has 4 rings (SSSR count). The number of carbonyl (C=O) groups is 3. The first-order valence-electron chi connectivity index (χ1n) is 9.56. The molecule has 3 N–H and O–H groups in total. The Labute approximate surface area is 182 Å². The third kappa shape index (κ3) is 4.72. The summed E-state index contributed by atoms with van der Waals surface area (Å²) in [6.45, 7) is 0.228. The molecule has 158 valence electrons. The summed E-state index contributed by atoms with van der Waals surface area (Å²) in [6.07, 6.45) is 0.109. The van der Waals surface area contributed by atoms with Crippen molar-refractivity contribution in [2.24, 2.45) is 0 Å². The van der Waals surface area contributed by atoms with Crippen molar-refractivity contribution >= 4 is 35.0 Å². The van der Waals surface area contributed by atoms with E-state index in [1.807, 2.05) is 6.07 Å². The molecule has 31 heavy (non-hydrogen) atoms. The molecule has 1 atom stereocenters. The number of carbonyl (C=O) groups excluding carboxylic acids is 3. The maximum absolute atomic E-state index is 12.4. The van der Waals surface area contributed by atoms with Gasteiger partial charge in [0.1, 0.15) is 6.04 Å². The highest BCUT2D eigenvalue weighted by molar-refractivity contribution is 6.33. The van der Waals surface area contributed by atoms with Crippen LogP contribution in [0, 0.1) is 0 Å². The Morgan fingerprint density at radius 2 is 1.84 bits per heavy atom. The van der Waals surface area contributed by atoms with Crippen molar-refractivity contribution < 1.29 is 18.9 Å². The van der Waals surface area contributed by atoms with Gasteiger partial charge in [-0.2, -0.15) is 4.98 Å². The molecular weight excluding hydrogens is 422 g/mol. The SMILES string of the molecule is O=C(CC1NC(=O)c2ccccc2NC1=O)NCCc1nc(-c2ccccc2Cl)no1. The fourth-order valence-corrected chi connectivity index (χ4v) is 3.35. The second kappa shape index (κ2) is 8.97. The molecule has 0 spiro atoms. The first-order chi connectivity index (χ1) is 15.0. The fraction of sp³-hybridized carbons (Fsp3) is 0.190. The number of hydrogen-bond acceptors (Lipinski definition) is 6. The number of rotatable bonds is 6. The van der Waals surface area contributed by atoms with Crippen molar-refractivity contribution in [1.29, 1.82) is 0 Å². The van der Waals surface area contributed by atoms with E-state index in [2.05, 4.69) is 26.1 Å². The van der Waals surface area contributed by atoms with Crippen LogP contribution < -0.4 is 16.0 Å².